The molecule has 0 aromatic heterocycles. The zero-order valence-electron chi connectivity index (χ0n) is 16.2. The van der Waals surface area contributed by atoms with E-state index >= 15 is 0 Å². The van der Waals surface area contributed by atoms with Crippen molar-refractivity contribution in [3.05, 3.63) is 93.5 Å². The molecule has 1 heterocycles. The van der Waals surface area contributed by atoms with Gasteiger partial charge in [0.05, 0.1) is 24.6 Å². The Morgan fingerprint density at radius 1 is 0.767 bits per heavy atom. The van der Waals surface area contributed by atoms with Gasteiger partial charge < -0.3 is 4.74 Å². The quantitative estimate of drug-likeness (QED) is 0.514. The third-order valence-electron chi connectivity index (χ3n) is 6.83. The summed E-state index contributed by atoms with van der Waals surface area (Å²) in [5.41, 5.74) is 5.19. The van der Waals surface area contributed by atoms with Crippen molar-refractivity contribution < 1.29 is 14.3 Å². The van der Waals surface area contributed by atoms with Crippen LogP contribution in [0.5, 0.6) is 5.75 Å². The van der Waals surface area contributed by atoms with Crippen LogP contribution in [0.4, 0.5) is 5.69 Å². The van der Waals surface area contributed by atoms with E-state index in [2.05, 4.69) is 40.2 Å². The molecular weight excluding hydrogens is 442 g/mol. The molecule has 30 heavy (non-hydrogen) atoms. The van der Waals surface area contributed by atoms with Crippen LogP contribution >= 0.6 is 15.9 Å². The molecule has 0 radical (unpaired) electrons. The number of rotatable bonds is 2. The third kappa shape index (κ3) is 2.16. The SMILES string of the molecule is COc1ccc(Br)cc1N1C(=O)[C@H]2C3c4ccccc4C(c4ccccc43)[C@@H]2C1=O. The first-order valence-corrected chi connectivity index (χ1v) is 10.8. The van der Waals surface area contributed by atoms with Gasteiger partial charge in [-0.1, -0.05) is 64.5 Å². The number of carbonyl (C=O) groups is 2. The van der Waals surface area contributed by atoms with Crippen LogP contribution in [-0.2, 0) is 9.59 Å². The normalized spacial score (nSPS) is 25.7. The van der Waals surface area contributed by atoms with Crippen LogP contribution in [0.1, 0.15) is 34.1 Å². The van der Waals surface area contributed by atoms with Crippen molar-refractivity contribution in [3.63, 3.8) is 0 Å². The number of amides is 2. The molecule has 2 amide bonds. The zero-order valence-corrected chi connectivity index (χ0v) is 17.8. The lowest BCUT2D eigenvalue weighted by Crippen LogP contribution is -2.41. The fourth-order valence-electron chi connectivity index (χ4n) is 5.75. The van der Waals surface area contributed by atoms with Gasteiger partial charge in [-0.2, -0.15) is 0 Å². The highest BCUT2D eigenvalue weighted by molar-refractivity contribution is 9.10. The second-order valence-electron chi connectivity index (χ2n) is 8.09. The average Bonchev–Trinajstić information content (AvgIpc) is 3.04. The second kappa shape index (κ2) is 6.29. The number of benzene rings is 3. The molecule has 1 saturated heterocycles. The number of anilines is 1. The minimum atomic E-state index is -0.393. The Morgan fingerprint density at radius 3 is 1.67 bits per heavy atom. The van der Waals surface area contributed by atoms with Crippen LogP contribution in [0, 0.1) is 11.8 Å². The van der Waals surface area contributed by atoms with Gasteiger partial charge in [0.1, 0.15) is 5.75 Å². The van der Waals surface area contributed by atoms with E-state index in [1.807, 2.05) is 30.3 Å². The topological polar surface area (TPSA) is 46.6 Å². The molecule has 3 aromatic carbocycles. The molecule has 2 bridgehead atoms. The number of carbonyl (C=O) groups excluding carboxylic acids is 2. The standard InChI is InChI=1S/C25H18BrNO3/c1-30-19-11-10-13(26)12-18(19)27-24(28)22-20-14-6-2-3-7-15(14)21(23(22)25(27)29)17-9-5-4-8-16(17)20/h2-12,20-23H,1H3/t20?,21?,22-,23-/m0/s1. The Kier molecular flexibility index (Phi) is 3.75. The first-order chi connectivity index (χ1) is 14.6. The molecule has 4 nitrogen and oxygen atoms in total. The van der Waals surface area contributed by atoms with Gasteiger partial charge in [-0.3, -0.25) is 9.59 Å². The number of methoxy groups -OCH3 is 1. The van der Waals surface area contributed by atoms with Crippen molar-refractivity contribution in [3.8, 4) is 5.75 Å². The zero-order chi connectivity index (χ0) is 20.6. The number of ether oxygens (including phenoxy) is 1. The molecule has 4 aliphatic rings. The summed E-state index contributed by atoms with van der Waals surface area (Å²) in [6.45, 7) is 0. The van der Waals surface area contributed by atoms with Gasteiger partial charge in [0.15, 0.2) is 0 Å². The molecule has 1 fully saturated rings. The first-order valence-electron chi connectivity index (χ1n) is 10.0. The number of hydrogen-bond acceptors (Lipinski definition) is 3. The largest absolute Gasteiger partial charge is 0.495 e. The van der Waals surface area contributed by atoms with Gasteiger partial charge in [-0.15, -0.1) is 0 Å². The second-order valence-corrected chi connectivity index (χ2v) is 9.01. The van der Waals surface area contributed by atoms with Crippen molar-refractivity contribution in [1.82, 2.24) is 0 Å². The molecule has 2 atom stereocenters. The van der Waals surface area contributed by atoms with E-state index in [1.54, 1.807) is 19.2 Å². The Hall–Kier alpha value is -2.92. The lowest BCUT2D eigenvalue weighted by atomic mass is 9.55. The highest BCUT2D eigenvalue weighted by Crippen LogP contribution is 2.61. The molecule has 0 saturated carbocycles. The van der Waals surface area contributed by atoms with Crippen molar-refractivity contribution in [2.75, 3.05) is 12.0 Å². The van der Waals surface area contributed by atoms with Crippen molar-refractivity contribution in [1.29, 1.82) is 0 Å². The molecule has 7 rings (SSSR count). The van der Waals surface area contributed by atoms with Crippen LogP contribution in [0.3, 0.4) is 0 Å². The fraction of sp³-hybridized carbons (Fsp3) is 0.200. The van der Waals surface area contributed by atoms with E-state index in [9.17, 15) is 9.59 Å². The van der Waals surface area contributed by atoms with Crippen molar-refractivity contribution in [2.45, 2.75) is 11.8 Å². The van der Waals surface area contributed by atoms with Crippen LogP contribution in [0.2, 0.25) is 0 Å². The predicted octanol–water partition coefficient (Wildman–Crippen LogP) is 4.85. The number of nitrogens with zero attached hydrogens (tertiary/aromatic N) is 1. The van der Waals surface area contributed by atoms with E-state index in [0.29, 0.717) is 11.4 Å². The molecule has 5 heteroatoms. The lowest BCUT2D eigenvalue weighted by molar-refractivity contribution is -0.122. The predicted molar refractivity (Wildman–Crippen MR) is 117 cm³/mol. The van der Waals surface area contributed by atoms with E-state index in [0.717, 1.165) is 4.47 Å². The van der Waals surface area contributed by atoms with Crippen molar-refractivity contribution in [2.24, 2.45) is 11.8 Å². The highest BCUT2D eigenvalue weighted by atomic mass is 79.9. The Morgan fingerprint density at radius 2 is 1.23 bits per heavy atom. The van der Waals surface area contributed by atoms with E-state index in [4.69, 9.17) is 4.74 Å². The van der Waals surface area contributed by atoms with Gasteiger partial charge in [0, 0.05) is 16.3 Å². The van der Waals surface area contributed by atoms with E-state index < -0.39 is 11.8 Å². The summed E-state index contributed by atoms with van der Waals surface area (Å²) in [6, 6.07) is 21.9. The van der Waals surface area contributed by atoms with E-state index in [-0.39, 0.29) is 23.7 Å². The summed E-state index contributed by atoms with van der Waals surface area (Å²) in [4.78, 5) is 28.9. The number of imide groups is 1. The van der Waals surface area contributed by atoms with Crippen LogP contribution in [0.25, 0.3) is 0 Å². The number of hydrogen-bond donors (Lipinski definition) is 0. The molecule has 3 aromatic rings. The Labute approximate surface area is 182 Å². The van der Waals surface area contributed by atoms with Gasteiger partial charge in [0.2, 0.25) is 11.8 Å². The molecule has 0 spiro atoms. The minimum Gasteiger partial charge on any atom is -0.495 e. The van der Waals surface area contributed by atoms with Gasteiger partial charge in [-0.25, -0.2) is 4.90 Å². The summed E-state index contributed by atoms with van der Waals surface area (Å²) in [6.07, 6.45) is 0. The fourth-order valence-corrected chi connectivity index (χ4v) is 6.10. The average molecular weight is 460 g/mol. The Balaban J connectivity index is 1.57. The van der Waals surface area contributed by atoms with Crippen LogP contribution in [-0.4, -0.2) is 18.9 Å². The van der Waals surface area contributed by atoms with Crippen molar-refractivity contribution >= 4 is 33.4 Å². The van der Waals surface area contributed by atoms with Gasteiger partial charge in [-0.05, 0) is 40.5 Å². The first kappa shape index (κ1) is 17.9. The maximum absolute atomic E-state index is 13.8. The number of halogens is 1. The molecule has 0 N–H and O–H groups in total. The van der Waals surface area contributed by atoms with E-state index in [1.165, 1.54) is 27.2 Å². The molecule has 0 unspecified atom stereocenters. The summed E-state index contributed by atoms with van der Waals surface area (Å²) in [7, 11) is 1.56. The lowest BCUT2D eigenvalue weighted by Gasteiger charge is -2.45. The smallest absolute Gasteiger partial charge is 0.238 e. The molecule has 148 valence electrons. The maximum Gasteiger partial charge on any atom is 0.238 e. The van der Waals surface area contributed by atoms with Crippen LogP contribution < -0.4 is 9.64 Å². The minimum absolute atomic E-state index is 0.105. The summed E-state index contributed by atoms with van der Waals surface area (Å²) >= 11 is 3.47. The third-order valence-corrected chi connectivity index (χ3v) is 7.32. The summed E-state index contributed by atoms with van der Waals surface area (Å²) < 4.78 is 6.28. The monoisotopic (exact) mass is 459 g/mol. The van der Waals surface area contributed by atoms with Gasteiger partial charge >= 0.3 is 0 Å². The molecular formula is C25H18BrNO3. The molecule has 1 aliphatic heterocycles. The Bertz CT molecular complexity index is 1120. The highest BCUT2D eigenvalue weighted by Gasteiger charge is 2.62. The summed E-state index contributed by atoms with van der Waals surface area (Å²) in [5, 5.41) is 0. The van der Waals surface area contributed by atoms with Gasteiger partial charge in [0.25, 0.3) is 0 Å². The summed E-state index contributed by atoms with van der Waals surface area (Å²) in [5.74, 6) is -0.757. The molecule has 3 aliphatic carbocycles. The maximum atomic E-state index is 13.8. The van der Waals surface area contributed by atoms with Crippen LogP contribution in [0.15, 0.2) is 71.2 Å².